The molecule has 0 saturated carbocycles. The van der Waals surface area contributed by atoms with E-state index in [1.54, 1.807) is 6.20 Å². The number of hydrogen-bond acceptors (Lipinski definition) is 4. The van der Waals surface area contributed by atoms with E-state index in [-0.39, 0.29) is 12.4 Å². The van der Waals surface area contributed by atoms with Crippen LogP contribution in [0.4, 0.5) is 0 Å². The summed E-state index contributed by atoms with van der Waals surface area (Å²) < 4.78 is 13.0. The molecular formula is C15H19Cl2N3O2. The lowest BCUT2D eigenvalue weighted by Gasteiger charge is -2.21. The Labute approximate surface area is 141 Å². The summed E-state index contributed by atoms with van der Waals surface area (Å²) in [4.78, 5) is 0. The van der Waals surface area contributed by atoms with E-state index in [2.05, 4.69) is 17.3 Å². The highest BCUT2D eigenvalue weighted by Gasteiger charge is 2.16. The zero-order chi connectivity index (χ0) is 14.7. The van der Waals surface area contributed by atoms with Gasteiger partial charge in [0.2, 0.25) is 0 Å². The summed E-state index contributed by atoms with van der Waals surface area (Å²) >= 11 is 6.23. The van der Waals surface area contributed by atoms with Gasteiger partial charge in [0.05, 0.1) is 11.6 Å². The largest absolute Gasteiger partial charge is 0.486 e. The van der Waals surface area contributed by atoms with E-state index in [1.165, 1.54) is 0 Å². The molecule has 1 N–H and O–H groups in total. The summed E-state index contributed by atoms with van der Waals surface area (Å²) in [5.74, 6) is 1.38. The SMILES string of the molecule is CC(Cn1cccn1)NCc1cc(Cl)c2c(c1)OCCO2.Cl. The first-order valence-electron chi connectivity index (χ1n) is 7.01. The minimum atomic E-state index is 0. The fourth-order valence-corrected chi connectivity index (χ4v) is 2.60. The highest BCUT2D eigenvalue weighted by molar-refractivity contribution is 6.32. The van der Waals surface area contributed by atoms with Crippen LogP contribution >= 0.6 is 24.0 Å². The first-order valence-corrected chi connectivity index (χ1v) is 7.39. The second-order valence-corrected chi connectivity index (χ2v) is 5.52. The highest BCUT2D eigenvalue weighted by Crippen LogP contribution is 2.38. The van der Waals surface area contributed by atoms with Crippen molar-refractivity contribution in [1.82, 2.24) is 15.1 Å². The molecular weight excluding hydrogens is 325 g/mol. The van der Waals surface area contributed by atoms with Crippen molar-refractivity contribution in [1.29, 1.82) is 0 Å². The van der Waals surface area contributed by atoms with Gasteiger partial charge >= 0.3 is 0 Å². The van der Waals surface area contributed by atoms with Crippen molar-refractivity contribution in [2.45, 2.75) is 26.1 Å². The Morgan fingerprint density at radius 2 is 2.18 bits per heavy atom. The third-order valence-corrected chi connectivity index (χ3v) is 3.61. The summed E-state index contributed by atoms with van der Waals surface area (Å²) in [5, 5.41) is 8.26. The first-order chi connectivity index (χ1) is 10.2. The molecule has 1 aliphatic rings. The Kier molecular flexibility index (Phi) is 5.94. The van der Waals surface area contributed by atoms with E-state index >= 15 is 0 Å². The maximum Gasteiger partial charge on any atom is 0.179 e. The topological polar surface area (TPSA) is 48.3 Å². The van der Waals surface area contributed by atoms with Crippen molar-refractivity contribution in [3.05, 3.63) is 41.2 Å². The molecule has 0 fully saturated rings. The molecule has 5 nitrogen and oxygen atoms in total. The van der Waals surface area contributed by atoms with Crippen LogP contribution in [0.2, 0.25) is 5.02 Å². The zero-order valence-corrected chi connectivity index (χ0v) is 13.9. The number of hydrogen-bond donors (Lipinski definition) is 1. The normalized spacial score (nSPS) is 14.3. The highest BCUT2D eigenvalue weighted by atomic mass is 35.5. The van der Waals surface area contributed by atoms with Gasteiger partial charge in [-0.15, -0.1) is 12.4 Å². The van der Waals surface area contributed by atoms with Gasteiger partial charge in [0.15, 0.2) is 11.5 Å². The second kappa shape index (κ2) is 7.72. The molecule has 22 heavy (non-hydrogen) atoms. The number of nitrogens with one attached hydrogen (secondary N) is 1. The predicted octanol–water partition coefficient (Wildman–Crippen LogP) is 2.91. The predicted molar refractivity (Wildman–Crippen MR) is 88.2 cm³/mol. The van der Waals surface area contributed by atoms with E-state index in [9.17, 15) is 0 Å². The molecule has 0 amide bonds. The van der Waals surface area contributed by atoms with Gasteiger partial charge in [-0.3, -0.25) is 4.68 Å². The number of halogens is 2. The first kappa shape index (κ1) is 16.9. The minimum Gasteiger partial charge on any atom is -0.486 e. The monoisotopic (exact) mass is 343 g/mol. The van der Waals surface area contributed by atoms with Crippen molar-refractivity contribution < 1.29 is 9.47 Å². The van der Waals surface area contributed by atoms with Gasteiger partial charge in [-0.1, -0.05) is 11.6 Å². The van der Waals surface area contributed by atoms with Crippen molar-refractivity contribution in [2.75, 3.05) is 13.2 Å². The van der Waals surface area contributed by atoms with Gasteiger partial charge in [-0.05, 0) is 30.7 Å². The van der Waals surface area contributed by atoms with Gasteiger partial charge < -0.3 is 14.8 Å². The maximum atomic E-state index is 6.23. The molecule has 0 radical (unpaired) electrons. The van der Waals surface area contributed by atoms with Gasteiger partial charge in [0.1, 0.15) is 13.2 Å². The van der Waals surface area contributed by atoms with Crippen LogP contribution in [0.1, 0.15) is 12.5 Å². The van der Waals surface area contributed by atoms with Crippen molar-refractivity contribution in [3.63, 3.8) is 0 Å². The molecule has 2 heterocycles. The molecule has 0 bridgehead atoms. The molecule has 1 aliphatic heterocycles. The number of rotatable bonds is 5. The van der Waals surface area contributed by atoms with Crippen LogP contribution < -0.4 is 14.8 Å². The molecule has 7 heteroatoms. The van der Waals surface area contributed by atoms with Crippen molar-refractivity contribution in [3.8, 4) is 11.5 Å². The van der Waals surface area contributed by atoms with Crippen LogP contribution in [0.3, 0.4) is 0 Å². The van der Waals surface area contributed by atoms with Crippen LogP contribution in [-0.4, -0.2) is 29.0 Å². The number of fused-ring (bicyclic) bond motifs is 1. The molecule has 0 spiro atoms. The number of aromatic nitrogens is 2. The Morgan fingerprint density at radius 1 is 1.36 bits per heavy atom. The average Bonchev–Trinajstić information content (AvgIpc) is 2.98. The third kappa shape index (κ3) is 4.06. The number of ether oxygens (including phenoxy) is 2. The fraction of sp³-hybridized carbons (Fsp3) is 0.400. The molecule has 0 aliphatic carbocycles. The standard InChI is InChI=1S/C15H18ClN3O2.ClH/c1-11(10-19-4-2-3-18-19)17-9-12-7-13(16)15-14(8-12)20-5-6-21-15;/h2-4,7-8,11,17H,5-6,9-10H2,1H3;1H. The average molecular weight is 344 g/mol. The smallest absolute Gasteiger partial charge is 0.179 e. The lowest BCUT2D eigenvalue weighted by atomic mass is 10.1. The van der Waals surface area contributed by atoms with Crippen molar-refractivity contribution >= 4 is 24.0 Å². The van der Waals surface area contributed by atoms with Crippen molar-refractivity contribution in [2.24, 2.45) is 0 Å². The Bertz CT molecular complexity index is 605. The molecule has 120 valence electrons. The lowest BCUT2D eigenvalue weighted by Crippen LogP contribution is -2.30. The third-order valence-electron chi connectivity index (χ3n) is 3.33. The molecule has 1 unspecified atom stereocenters. The summed E-state index contributed by atoms with van der Waals surface area (Å²) in [6.07, 6.45) is 3.74. The Morgan fingerprint density at radius 3 is 2.95 bits per heavy atom. The molecule has 1 aromatic heterocycles. The van der Waals surface area contributed by atoms with Gasteiger partial charge in [-0.2, -0.15) is 5.10 Å². The van der Waals surface area contributed by atoms with Gasteiger partial charge in [0, 0.05) is 25.0 Å². The van der Waals surface area contributed by atoms with E-state index in [4.69, 9.17) is 21.1 Å². The summed E-state index contributed by atoms with van der Waals surface area (Å²) in [6.45, 7) is 4.78. The van der Waals surface area contributed by atoms with E-state index in [0.29, 0.717) is 30.0 Å². The van der Waals surface area contributed by atoms with Crippen LogP contribution in [0, 0.1) is 0 Å². The quantitative estimate of drug-likeness (QED) is 0.906. The molecule has 1 aromatic carbocycles. The molecule has 1 atom stereocenters. The molecule has 3 rings (SSSR count). The minimum absolute atomic E-state index is 0. The zero-order valence-electron chi connectivity index (χ0n) is 12.3. The Hall–Kier alpha value is -1.43. The van der Waals surface area contributed by atoms with Crippen LogP contribution in [0.5, 0.6) is 11.5 Å². The number of benzene rings is 1. The van der Waals surface area contributed by atoms with E-state index < -0.39 is 0 Å². The van der Waals surface area contributed by atoms with Crippen LogP contribution in [-0.2, 0) is 13.1 Å². The van der Waals surface area contributed by atoms with E-state index in [0.717, 1.165) is 24.4 Å². The lowest BCUT2D eigenvalue weighted by molar-refractivity contribution is 0.171. The van der Waals surface area contributed by atoms with E-state index in [1.807, 2.05) is 29.1 Å². The number of nitrogens with zero attached hydrogens (tertiary/aromatic N) is 2. The fourth-order valence-electron chi connectivity index (χ4n) is 2.31. The summed E-state index contributed by atoms with van der Waals surface area (Å²) in [6, 6.07) is 6.13. The van der Waals surface area contributed by atoms with Gasteiger partial charge in [0.25, 0.3) is 0 Å². The van der Waals surface area contributed by atoms with Crippen LogP contribution in [0.15, 0.2) is 30.6 Å². The van der Waals surface area contributed by atoms with Gasteiger partial charge in [-0.25, -0.2) is 0 Å². The Balaban J connectivity index is 0.00000176. The molecule has 2 aromatic rings. The van der Waals surface area contributed by atoms with Crippen LogP contribution in [0.25, 0.3) is 0 Å². The summed E-state index contributed by atoms with van der Waals surface area (Å²) in [7, 11) is 0. The summed E-state index contributed by atoms with van der Waals surface area (Å²) in [5.41, 5.74) is 1.08. The maximum absolute atomic E-state index is 6.23. The second-order valence-electron chi connectivity index (χ2n) is 5.11. The molecule has 0 saturated heterocycles.